The van der Waals surface area contributed by atoms with E-state index < -0.39 is 35.1 Å². The summed E-state index contributed by atoms with van der Waals surface area (Å²) in [7, 11) is -2.69. The first-order valence-corrected chi connectivity index (χ1v) is 9.79. The smallest absolute Gasteiger partial charge is 0.321 e. The van der Waals surface area contributed by atoms with E-state index in [1.165, 1.54) is 38.2 Å². The molecule has 2 amide bonds. The molecule has 1 atom stereocenters. The maximum Gasteiger partial charge on any atom is 0.321 e. The van der Waals surface area contributed by atoms with Gasteiger partial charge in [0.2, 0.25) is 15.9 Å². The lowest BCUT2D eigenvalue weighted by molar-refractivity contribution is -0.148. The standard InChI is InChI=1S/C17H25N3O6S/c1-5-12(2)18-16(22)11-26-17(23)10-20(4)27(24,25)15-8-6-14(7-9-15)19-13(3)21/h6-9,12H,5,10-11H2,1-4H3,(H,18,22)(H,19,21)/t12-/m1/s1. The Morgan fingerprint density at radius 2 is 1.78 bits per heavy atom. The normalized spacial score (nSPS) is 12.3. The number of esters is 1. The van der Waals surface area contributed by atoms with Gasteiger partial charge in [0.1, 0.15) is 6.54 Å². The van der Waals surface area contributed by atoms with Gasteiger partial charge in [-0.25, -0.2) is 8.42 Å². The third-order valence-corrected chi connectivity index (χ3v) is 5.44. The Bertz CT molecular complexity index is 776. The SMILES string of the molecule is CC[C@@H](C)NC(=O)COC(=O)CN(C)S(=O)(=O)c1ccc(NC(C)=O)cc1. The highest BCUT2D eigenvalue weighted by molar-refractivity contribution is 7.89. The molecule has 1 rings (SSSR count). The van der Waals surface area contributed by atoms with E-state index in [0.717, 1.165) is 10.7 Å². The zero-order valence-electron chi connectivity index (χ0n) is 15.8. The van der Waals surface area contributed by atoms with Crippen LogP contribution in [-0.4, -0.2) is 56.7 Å². The first-order valence-electron chi connectivity index (χ1n) is 8.35. The number of likely N-dealkylation sites (N-methyl/N-ethyl adjacent to an activating group) is 1. The topological polar surface area (TPSA) is 122 Å². The molecular weight excluding hydrogens is 374 g/mol. The number of amides is 2. The van der Waals surface area contributed by atoms with E-state index in [1.807, 2.05) is 13.8 Å². The van der Waals surface area contributed by atoms with Crippen LogP contribution in [0, 0.1) is 0 Å². The van der Waals surface area contributed by atoms with Crippen LogP contribution >= 0.6 is 0 Å². The van der Waals surface area contributed by atoms with E-state index >= 15 is 0 Å². The molecule has 150 valence electrons. The number of benzene rings is 1. The van der Waals surface area contributed by atoms with E-state index in [4.69, 9.17) is 4.74 Å². The quantitative estimate of drug-likeness (QED) is 0.590. The second-order valence-corrected chi connectivity index (χ2v) is 8.05. The Kier molecular flexibility index (Phi) is 8.38. The monoisotopic (exact) mass is 399 g/mol. The molecule has 0 aliphatic heterocycles. The minimum absolute atomic E-state index is 0.0404. The number of sulfonamides is 1. The van der Waals surface area contributed by atoms with Gasteiger partial charge in [-0.1, -0.05) is 6.92 Å². The van der Waals surface area contributed by atoms with Crippen molar-refractivity contribution in [1.82, 2.24) is 9.62 Å². The molecule has 0 aromatic heterocycles. The second kappa shape index (κ2) is 10.0. The number of carbonyl (C=O) groups is 3. The van der Waals surface area contributed by atoms with Gasteiger partial charge in [-0.05, 0) is 37.6 Å². The van der Waals surface area contributed by atoms with Crippen LogP contribution < -0.4 is 10.6 Å². The van der Waals surface area contributed by atoms with Gasteiger partial charge in [-0.3, -0.25) is 14.4 Å². The molecule has 10 heteroatoms. The summed E-state index contributed by atoms with van der Waals surface area (Å²) in [6, 6.07) is 5.49. The maximum absolute atomic E-state index is 12.5. The van der Waals surface area contributed by atoms with E-state index in [1.54, 1.807) is 0 Å². The molecule has 0 radical (unpaired) electrons. The molecule has 0 saturated carbocycles. The van der Waals surface area contributed by atoms with Crippen LogP contribution in [-0.2, 0) is 29.1 Å². The predicted molar refractivity (Wildman–Crippen MR) is 99.4 cm³/mol. The molecule has 0 saturated heterocycles. The lowest BCUT2D eigenvalue weighted by Crippen LogP contribution is -2.37. The van der Waals surface area contributed by atoms with Crippen molar-refractivity contribution in [1.29, 1.82) is 0 Å². The van der Waals surface area contributed by atoms with E-state index in [9.17, 15) is 22.8 Å². The zero-order chi connectivity index (χ0) is 20.6. The van der Waals surface area contributed by atoms with Crippen molar-refractivity contribution < 1.29 is 27.5 Å². The predicted octanol–water partition coefficient (Wildman–Crippen LogP) is 0.723. The lowest BCUT2D eigenvalue weighted by atomic mass is 10.2. The molecule has 0 aliphatic carbocycles. The number of nitrogens with one attached hydrogen (secondary N) is 2. The highest BCUT2D eigenvalue weighted by Gasteiger charge is 2.24. The largest absolute Gasteiger partial charge is 0.455 e. The van der Waals surface area contributed by atoms with Crippen LogP contribution in [0.25, 0.3) is 0 Å². The molecule has 9 nitrogen and oxygen atoms in total. The Balaban J connectivity index is 2.63. The first kappa shape index (κ1) is 22.6. The summed E-state index contributed by atoms with van der Waals surface area (Å²) >= 11 is 0. The number of hydrogen-bond donors (Lipinski definition) is 2. The second-order valence-electron chi connectivity index (χ2n) is 6.00. The van der Waals surface area contributed by atoms with Crippen molar-refractivity contribution in [2.24, 2.45) is 0 Å². The summed E-state index contributed by atoms with van der Waals surface area (Å²) in [6.07, 6.45) is 0.737. The van der Waals surface area contributed by atoms with Gasteiger partial charge in [0.05, 0.1) is 4.90 Å². The molecule has 2 N–H and O–H groups in total. The summed E-state index contributed by atoms with van der Waals surface area (Å²) in [6.45, 7) is 4.05. The lowest BCUT2D eigenvalue weighted by Gasteiger charge is -2.17. The summed E-state index contributed by atoms with van der Waals surface area (Å²) < 4.78 is 30.6. The van der Waals surface area contributed by atoms with Crippen molar-refractivity contribution in [3.63, 3.8) is 0 Å². The van der Waals surface area contributed by atoms with Gasteiger partial charge >= 0.3 is 5.97 Å². The molecule has 0 heterocycles. The molecular formula is C17H25N3O6S. The van der Waals surface area contributed by atoms with Crippen molar-refractivity contribution in [3.05, 3.63) is 24.3 Å². The fourth-order valence-corrected chi connectivity index (χ4v) is 3.09. The molecule has 0 fully saturated rings. The summed E-state index contributed by atoms with van der Waals surface area (Å²) in [5.41, 5.74) is 0.454. The van der Waals surface area contributed by atoms with E-state index in [-0.39, 0.29) is 16.8 Å². The summed E-state index contributed by atoms with van der Waals surface area (Å²) in [4.78, 5) is 34.3. The molecule has 27 heavy (non-hydrogen) atoms. The third-order valence-electron chi connectivity index (χ3n) is 3.62. The number of rotatable bonds is 9. The minimum atomic E-state index is -3.92. The molecule has 0 spiro atoms. The van der Waals surface area contributed by atoms with E-state index in [0.29, 0.717) is 5.69 Å². The first-order chi connectivity index (χ1) is 12.6. The summed E-state index contributed by atoms with van der Waals surface area (Å²) in [5, 5.41) is 5.17. The van der Waals surface area contributed by atoms with Crippen LogP contribution in [0.5, 0.6) is 0 Å². The maximum atomic E-state index is 12.5. The van der Waals surface area contributed by atoms with Crippen molar-refractivity contribution in [3.8, 4) is 0 Å². The minimum Gasteiger partial charge on any atom is -0.455 e. The van der Waals surface area contributed by atoms with Crippen molar-refractivity contribution in [2.75, 3.05) is 25.5 Å². The van der Waals surface area contributed by atoms with Crippen LogP contribution in [0.3, 0.4) is 0 Å². The highest BCUT2D eigenvalue weighted by atomic mass is 32.2. The molecule has 1 aromatic carbocycles. The third kappa shape index (κ3) is 7.35. The molecule has 1 aromatic rings. The highest BCUT2D eigenvalue weighted by Crippen LogP contribution is 2.17. The Morgan fingerprint density at radius 1 is 1.19 bits per heavy atom. The fraction of sp³-hybridized carbons (Fsp3) is 0.471. The van der Waals surface area contributed by atoms with Gasteiger partial charge in [0, 0.05) is 25.7 Å². The average Bonchev–Trinajstić information content (AvgIpc) is 2.59. The van der Waals surface area contributed by atoms with Crippen molar-refractivity contribution >= 4 is 33.5 Å². The Hall–Kier alpha value is -2.46. The van der Waals surface area contributed by atoms with Crippen LogP contribution in [0.4, 0.5) is 5.69 Å². The Labute approximate surface area is 159 Å². The molecule has 0 aliphatic rings. The molecule has 0 unspecified atom stereocenters. The average molecular weight is 399 g/mol. The molecule has 0 bridgehead atoms. The fourth-order valence-electron chi connectivity index (χ4n) is 1.97. The van der Waals surface area contributed by atoms with Gasteiger partial charge in [0.15, 0.2) is 6.61 Å². The van der Waals surface area contributed by atoms with Crippen LogP contribution in [0.15, 0.2) is 29.2 Å². The number of nitrogens with zero attached hydrogens (tertiary/aromatic N) is 1. The number of hydrogen-bond acceptors (Lipinski definition) is 6. The number of ether oxygens (including phenoxy) is 1. The Morgan fingerprint density at radius 3 is 2.30 bits per heavy atom. The van der Waals surface area contributed by atoms with Crippen LogP contribution in [0.1, 0.15) is 27.2 Å². The van der Waals surface area contributed by atoms with Gasteiger partial charge in [0.25, 0.3) is 5.91 Å². The number of carbonyl (C=O) groups excluding carboxylic acids is 3. The number of anilines is 1. The zero-order valence-corrected chi connectivity index (χ0v) is 16.6. The summed E-state index contributed by atoms with van der Waals surface area (Å²) in [5.74, 6) is -1.56. The van der Waals surface area contributed by atoms with Gasteiger partial charge in [-0.15, -0.1) is 0 Å². The van der Waals surface area contributed by atoms with Gasteiger partial charge < -0.3 is 15.4 Å². The van der Waals surface area contributed by atoms with Crippen molar-refractivity contribution in [2.45, 2.75) is 38.1 Å². The van der Waals surface area contributed by atoms with E-state index in [2.05, 4.69) is 10.6 Å². The van der Waals surface area contributed by atoms with Crippen LogP contribution in [0.2, 0.25) is 0 Å². The van der Waals surface area contributed by atoms with Gasteiger partial charge in [-0.2, -0.15) is 4.31 Å².